The third-order valence-corrected chi connectivity index (χ3v) is 2.47. The van der Waals surface area contributed by atoms with E-state index in [1.54, 1.807) is 12.1 Å². The van der Waals surface area contributed by atoms with Crippen molar-refractivity contribution >= 4 is 41.5 Å². The molecule has 1 aromatic carbocycles. The number of carbonyl (C=O) groups excluding carboxylic acids is 1. The van der Waals surface area contributed by atoms with Crippen LogP contribution in [0.3, 0.4) is 0 Å². The molecule has 0 aliphatic rings. The number of amides is 1. The second-order valence-corrected chi connectivity index (χ2v) is 4.08. The van der Waals surface area contributed by atoms with Gasteiger partial charge in [0.05, 0.1) is 10.6 Å². The fourth-order valence-electron chi connectivity index (χ4n) is 1.03. The average Bonchev–Trinajstić information content (AvgIpc) is 2.21. The van der Waals surface area contributed by atoms with Gasteiger partial charge in [0.25, 0.3) is 5.91 Å². The van der Waals surface area contributed by atoms with Crippen molar-refractivity contribution < 1.29 is 4.79 Å². The molecular formula is C10H13Cl3N2O. The van der Waals surface area contributed by atoms with Crippen LogP contribution in [0.1, 0.15) is 17.3 Å². The van der Waals surface area contributed by atoms with Crippen LogP contribution in [0.5, 0.6) is 0 Å². The molecule has 1 atom stereocenters. The van der Waals surface area contributed by atoms with Crippen LogP contribution < -0.4 is 11.1 Å². The molecule has 1 aromatic rings. The molecule has 90 valence electrons. The van der Waals surface area contributed by atoms with Crippen molar-refractivity contribution in [1.29, 1.82) is 0 Å². The Bertz CT molecular complexity index is 371. The molecule has 0 unspecified atom stereocenters. The molecule has 3 nitrogen and oxygen atoms in total. The molecule has 1 rings (SSSR count). The van der Waals surface area contributed by atoms with Crippen molar-refractivity contribution in [1.82, 2.24) is 5.32 Å². The number of nitrogens with one attached hydrogen (secondary N) is 1. The SMILES string of the molecule is C[C@@H](CN)NC(=O)c1cc(Cl)ccc1Cl.Cl. The molecule has 0 fully saturated rings. The van der Waals surface area contributed by atoms with E-state index in [1.165, 1.54) is 6.07 Å². The minimum atomic E-state index is -0.263. The predicted molar refractivity (Wildman–Crippen MR) is 69.7 cm³/mol. The maximum absolute atomic E-state index is 11.7. The Hall–Kier alpha value is -0.480. The van der Waals surface area contributed by atoms with Gasteiger partial charge >= 0.3 is 0 Å². The van der Waals surface area contributed by atoms with E-state index >= 15 is 0 Å². The molecule has 0 saturated carbocycles. The molecule has 0 heterocycles. The summed E-state index contributed by atoms with van der Waals surface area (Å²) in [7, 11) is 0. The maximum Gasteiger partial charge on any atom is 0.253 e. The molecule has 0 aromatic heterocycles. The van der Waals surface area contributed by atoms with Gasteiger partial charge in [0.15, 0.2) is 0 Å². The van der Waals surface area contributed by atoms with Crippen LogP contribution in [0.15, 0.2) is 18.2 Å². The molecule has 3 N–H and O–H groups in total. The van der Waals surface area contributed by atoms with Gasteiger partial charge in [0.1, 0.15) is 0 Å². The molecule has 0 saturated heterocycles. The Balaban J connectivity index is 0.00000225. The standard InChI is InChI=1S/C10H12Cl2N2O.ClH/c1-6(5-13)14-10(15)8-4-7(11)2-3-9(8)12;/h2-4,6H,5,13H2,1H3,(H,14,15);1H/t6-;/m0./s1. The Labute approximate surface area is 111 Å². The highest BCUT2D eigenvalue weighted by molar-refractivity contribution is 6.35. The van der Waals surface area contributed by atoms with Gasteiger partial charge in [0, 0.05) is 17.6 Å². The van der Waals surface area contributed by atoms with Crippen molar-refractivity contribution in [3.05, 3.63) is 33.8 Å². The lowest BCUT2D eigenvalue weighted by molar-refractivity contribution is 0.0941. The van der Waals surface area contributed by atoms with Gasteiger partial charge in [-0.15, -0.1) is 12.4 Å². The van der Waals surface area contributed by atoms with Crippen LogP contribution in [0.4, 0.5) is 0 Å². The van der Waals surface area contributed by atoms with E-state index in [-0.39, 0.29) is 24.4 Å². The summed E-state index contributed by atoms with van der Waals surface area (Å²) < 4.78 is 0. The summed E-state index contributed by atoms with van der Waals surface area (Å²) in [4.78, 5) is 11.7. The smallest absolute Gasteiger partial charge is 0.253 e. The first kappa shape index (κ1) is 15.5. The van der Waals surface area contributed by atoms with E-state index in [2.05, 4.69) is 5.32 Å². The molecule has 0 aliphatic carbocycles. The quantitative estimate of drug-likeness (QED) is 0.895. The van der Waals surface area contributed by atoms with Crippen molar-refractivity contribution in [2.24, 2.45) is 5.73 Å². The summed E-state index contributed by atoms with van der Waals surface area (Å²) in [5.74, 6) is -0.263. The Kier molecular flexibility index (Phi) is 6.76. The summed E-state index contributed by atoms with van der Waals surface area (Å²) in [6.07, 6.45) is 0. The highest BCUT2D eigenvalue weighted by Crippen LogP contribution is 2.20. The summed E-state index contributed by atoms with van der Waals surface area (Å²) in [6.45, 7) is 2.19. The highest BCUT2D eigenvalue weighted by Gasteiger charge is 2.12. The minimum Gasteiger partial charge on any atom is -0.348 e. The zero-order valence-electron chi connectivity index (χ0n) is 8.67. The van der Waals surface area contributed by atoms with Gasteiger partial charge in [-0.2, -0.15) is 0 Å². The van der Waals surface area contributed by atoms with E-state index in [1.807, 2.05) is 6.92 Å². The van der Waals surface area contributed by atoms with Crippen molar-refractivity contribution in [3.8, 4) is 0 Å². The minimum absolute atomic E-state index is 0. The van der Waals surface area contributed by atoms with E-state index in [4.69, 9.17) is 28.9 Å². The molecular weight excluding hydrogens is 270 g/mol. The van der Waals surface area contributed by atoms with Gasteiger partial charge in [-0.25, -0.2) is 0 Å². The Morgan fingerprint density at radius 1 is 1.50 bits per heavy atom. The molecule has 1 amide bonds. The van der Waals surface area contributed by atoms with E-state index in [9.17, 15) is 4.79 Å². The summed E-state index contributed by atoms with van der Waals surface area (Å²) in [5, 5.41) is 3.56. The predicted octanol–water partition coefficient (Wildman–Crippen LogP) is 2.49. The molecule has 6 heteroatoms. The topological polar surface area (TPSA) is 55.1 Å². The first-order valence-corrected chi connectivity index (χ1v) is 5.26. The fraction of sp³-hybridized carbons (Fsp3) is 0.300. The Morgan fingerprint density at radius 3 is 2.69 bits per heavy atom. The number of nitrogens with two attached hydrogens (primary N) is 1. The van der Waals surface area contributed by atoms with Crippen molar-refractivity contribution in [3.63, 3.8) is 0 Å². The van der Waals surface area contributed by atoms with Gasteiger partial charge in [-0.1, -0.05) is 23.2 Å². The van der Waals surface area contributed by atoms with Crippen molar-refractivity contribution in [2.75, 3.05) is 6.54 Å². The molecule has 0 bridgehead atoms. The van der Waals surface area contributed by atoms with Gasteiger partial charge in [-0.3, -0.25) is 4.79 Å². The van der Waals surface area contributed by atoms with E-state index < -0.39 is 0 Å². The van der Waals surface area contributed by atoms with Crippen LogP contribution in [0, 0.1) is 0 Å². The third-order valence-electron chi connectivity index (χ3n) is 1.90. The van der Waals surface area contributed by atoms with E-state index in [0.29, 0.717) is 22.2 Å². The number of hydrogen-bond acceptors (Lipinski definition) is 2. The third kappa shape index (κ3) is 4.18. The summed E-state index contributed by atoms with van der Waals surface area (Å²) >= 11 is 11.6. The summed E-state index contributed by atoms with van der Waals surface area (Å²) in [6, 6.07) is 4.66. The second kappa shape index (κ2) is 6.97. The average molecular weight is 284 g/mol. The molecule has 0 spiro atoms. The zero-order chi connectivity index (χ0) is 11.4. The van der Waals surface area contributed by atoms with Crippen LogP contribution in [0.25, 0.3) is 0 Å². The lowest BCUT2D eigenvalue weighted by Gasteiger charge is -2.12. The second-order valence-electron chi connectivity index (χ2n) is 3.23. The first-order valence-electron chi connectivity index (χ1n) is 4.50. The van der Waals surface area contributed by atoms with Crippen molar-refractivity contribution in [2.45, 2.75) is 13.0 Å². The lowest BCUT2D eigenvalue weighted by atomic mass is 10.2. The first-order chi connectivity index (χ1) is 7.04. The van der Waals surface area contributed by atoms with Crippen LogP contribution >= 0.6 is 35.6 Å². The number of hydrogen-bond donors (Lipinski definition) is 2. The van der Waals surface area contributed by atoms with E-state index in [0.717, 1.165) is 0 Å². The van der Waals surface area contributed by atoms with Gasteiger partial charge in [0.2, 0.25) is 0 Å². The van der Waals surface area contributed by atoms with Gasteiger partial charge < -0.3 is 11.1 Å². The zero-order valence-corrected chi connectivity index (χ0v) is 11.0. The lowest BCUT2D eigenvalue weighted by Crippen LogP contribution is -2.37. The van der Waals surface area contributed by atoms with Gasteiger partial charge in [-0.05, 0) is 25.1 Å². The summed E-state index contributed by atoms with van der Waals surface area (Å²) in [5.41, 5.74) is 5.76. The van der Waals surface area contributed by atoms with Crippen LogP contribution in [0.2, 0.25) is 10.0 Å². The molecule has 16 heavy (non-hydrogen) atoms. The molecule has 0 aliphatic heterocycles. The largest absolute Gasteiger partial charge is 0.348 e. The fourth-order valence-corrected chi connectivity index (χ4v) is 1.41. The number of halogens is 3. The number of benzene rings is 1. The van der Waals surface area contributed by atoms with Crippen LogP contribution in [-0.4, -0.2) is 18.5 Å². The normalized spacial score (nSPS) is 11.5. The number of rotatable bonds is 3. The Morgan fingerprint density at radius 2 is 2.12 bits per heavy atom. The van der Waals surface area contributed by atoms with Crippen LogP contribution in [-0.2, 0) is 0 Å². The maximum atomic E-state index is 11.7. The highest BCUT2D eigenvalue weighted by atomic mass is 35.5. The monoisotopic (exact) mass is 282 g/mol. The number of carbonyl (C=O) groups is 1. The molecule has 0 radical (unpaired) electrons.